The fraction of sp³-hybridized carbons (Fsp3) is 0.667. The molecule has 0 atom stereocenters. The van der Waals surface area contributed by atoms with Gasteiger partial charge in [0.1, 0.15) is 0 Å². The molecule has 39 heavy (non-hydrogen) atoms. The first-order chi connectivity index (χ1) is 18.9. The molecule has 0 saturated carbocycles. The van der Waals surface area contributed by atoms with Crippen LogP contribution in [-0.2, 0) is 19.5 Å². The summed E-state index contributed by atoms with van der Waals surface area (Å²) in [5, 5.41) is 0. The van der Waals surface area contributed by atoms with Gasteiger partial charge in [0.15, 0.2) is 0 Å². The van der Waals surface area contributed by atoms with E-state index in [1.165, 1.54) is 67.7 Å². The Labute approximate surface area is 245 Å². The van der Waals surface area contributed by atoms with Gasteiger partial charge in [0.25, 0.3) is 0 Å². The Kier molecular flexibility index (Phi) is 20.9. The summed E-state index contributed by atoms with van der Waals surface area (Å²) >= 11 is 0. The van der Waals surface area contributed by atoms with Crippen LogP contribution in [-0.4, -0.2) is 47.6 Å². The maximum Gasteiger partial charge on any atom is 0.0401 e. The second-order valence-corrected chi connectivity index (χ2v) is 10.6. The fourth-order valence-corrected chi connectivity index (χ4v) is 5.08. The van der Waals surface area contributed by atoms with Gasteiger partial charge in [0, 0.05) is 43.4 Å². The van der Waals surface area contributed by atoms with E-state index in [1.807, 2.05) is 41.5 Å². The van der Waals surface area contributed by atoms with Crippen LogP contribution in [0.3, 0.4) is 0 Å². The molecule has 3 nitrogen and oxygen atoms in total. The molecule has 0 N–H and O–H groups in total. The molecule has 0 spiro atoms. The summed E-state index contributed by atoms with van der Waals surface area (Å²) in [6.07, 6.45) is 5.38. The smallest absolute Gasteiger partial charge is 0.0401 e. The third kappa shape index (κ3) is 12.9. The van der Waals surface area contributed by atoms with E-state index in [4.69, 9.17) is 0 Å². The zero-order valence-electron chi connectivity index (χ0n) is 28.1. The molecule has 3 aliphatic heterocycles. The second-order valence-electron chi connectivity index (χ2n) is 10.6. The van der Waals surface area contributed by atoms with Gasteiger partial charge < -0.3 is 9.80 Å². The van der Waals surface area contributed by atoms with Crippen molar-refractivity contribution < 1.29 is 0 Å². The van der Waals surface area contributed by atoms with Crippen LogP contribution in [0.2, 0.25) is 0 Å². The molecule has 0 unspecified atom stereocenters. The van der Waals surface area contributed by atoms with Gasteiger partial charge in [0.05, 0.1) is 0 Å². The van der Waals surface area contributed by atoms with Crippen LogP contribution >= 0.6 is 0 Å². The third-order valence-electron chi connectivity index (χ3n) is 7.24. The van der Waals surface area contributed by atoms with Gasteiger partial charge in [-0.15, -0.1) is 0 Å². The van der Waals surface area contributed by atoms with Crippen molar-refractivity contribution in [2.24, 2.45) is 0 Å². The minimum absolute atomic E-state index is 0.626. The van der Waals surface area contributed by atoms with Crippen molar-refractivity contribution in [1.29, 1.82) is 0 Å². The highest BCUT2D eigenvalue weighted by Gasteiger charge is 2.20. The highest BCUT2D eigenvalue weighted by Crippen LogP contribution is 2.28. The number of rotatable bonds is 3. The Hall–Kier alpha value is -1.84. The number of hydrogen-bond donors (Lipinski definition) is 0. The molecule has 0 radical (unpaired) electrons. The summed E-state index contributed by atoms with van der Waals surface area (Å²) in [7, 11) is 0. The molecule has 2 aromatic carbocycles. The fourth-order valence-electron chi connectivity index (χ4n) is 5.08. The van der Waals surface area contributed by atoms with E-state index in [9.17, 15) is 0 Å². The van der Waals surface area contributed by atoms with E-state index in [-0.39, 0.29) is 0 Å². The Balaban J connectivity index is 0.000000516. The molecule has 1 saturated heterocycles. The number of hydrogen-bond acceptors (Lipinski definition) is 3. The van der Waals surface area contributed by atoms with Crippen molar-refractivity contribution in [3.8, 4) is 0 Å². The maximum atomic E-state index is 2.53. The summed E-state index contributed by atoms with van der Waals surface area (Å²) in [4.78, 5) is 7.52. The van der Waals surface area contributed by atoms with Crippen molar-refractivity contribution in [2.75, 3.05) is 24.5 Å². The van der Waals surface area contributed by atoms with Crippen LogP contribution in [0.25, 0.3) is 0 Å². The number of benzene rings is 2. The second kappa shape index (κ2) is 21.9. The Morgan fingerprint density at radius 1 is 0.487 bits per heavy atom. The average molecular weight is 540 g/mol. The number of para-hydroxylation sites is 1. The molecule has 2 aromatic rings. The van der Waals surface area contributed by atoms with Gasteiger partial charge in [-0.25, -0.2) is 0 Å². The normalized spacial score (nSPS) is 15.7. The lowest BCUT2D eigenvalue weighted by molar-refractivity contribution is 0.227. The summed E-state index contributed by atoms with van der Waals surface area (Å²) in [5.41, 5.74) is 5.98. The minimum Gasteiger partial charge on any atom is -0.369 e. The predicted octanol–water partition coefficient (Wildman–Crippen LogP) is 9.83. The Morgan fingerprint density at radius 2 is 0.923 bits per heavy atom. The molecule has 3 aliphatic rings. The van der Waals surface area contributed by atoms with Crippen LogP contribution in [0.5, 0.6) is 0 Å². The number of likely N-dealkylation sites (tertiary alicyclic amines) is 1. The topological polar surface area (TPSA) is 9.72 Å². The standard InChI is InChI=1S/C12H17N.C11H15N.C7H15N.3C2H6/c1-10(2)13-9-5-7-11-6-3-4-8-12(11)13;1-9(2)12-7-10-5-3-4-6-11(10)8-12;1-7(2)8-5-3-4-6-8;3*1-2/h3-4,6,8,10H,5,7,9H2,1-2H3;3-6,9H,7-8H2,1-2H3;7H,3-6H2,1-2H3;3*1-2H3. The van der Waals surface area contributed by atoms with Crippen molar-refractivity contribution in [3.63, 3.8) is 0 Å². The summed E-state index contributed by atoms with van der Waals surface area (Å²) < 4.78 is 0. The monoisotopic (exact) mass is 540 g/mol. The van der Waals surface area contributed by atoms with Gasteiger partial charge in [-0.3, -0.25) is 4.90 Å². The van der Waals surface area contributed by atoms with Crippen molar-refractivity contribution in [3.05, 3.63) is 65.2 Å². The van der Waals surface area contributed by atoms with Gasteiger partial charge in [-0.05, 0) is 103 Å². The first-order valence-electron chi connectivity index (χ1n) is 16.3. The molecule has 224 valence electrons. The van der Waals surface area contributed by atoms with Crippen molar-refractivity contribution in [2.45, 2.75) is 140 Å². The molecular formula is C36H65N3. The first kappa shape index (κ1) is 37.2. The maximum absolute atomic E-state index is 2.53. The van der Waals surface area contributed by atoms with Crippen LogP contribution in [0, 0.1) is 0 Å². The zero-order valence-corrected chi connectivity index (χ0v) is 28.1. The summed E-state index contributed by atoms with van der Waals surface area (Å²) in [5.74, 6) is 0. The number of aryl methyl sites for hydroxylation is 1. The van der Waals surface area contributed by atoms with Gasteiger partial charge in [0.2, 0.25) is 0 Å². The number of anilines is 1. The van der Waals surface area contributed by atoms with Crippen LogP contribution in [0.15, 0.2) is 48.5 Å². The van der Waals surface area contributed by atoms with Crippen LogP contribution in [0.4, 0.5) is 5.69 Å². The molecule has 0 bridgehead atoms. The molecule has 1 fully saturated rings. The number of nitrogens with zero attached hydrogens (tertiary/aromatic N) is 3. The molecule has 0 aliphatic carbocycles. The van der Waals surface area contributed by atoms with E-state index in [1.54, 1.807) is 0 Å². The molecule has 0 amide bonds. The molecule has 3 heterocycles. The molecular weight excluding hydrogens is 474 g/mol. The average Bonchev–Trinajstić information content (AvgIpc) is 3.68. The lowest BCUT2D eigenvalue weighted by Gasteiger charge is -2.34. The molecule has 5 rings (SSSR count). The van der Waals surface area contributed by atoms with Crippen LogP contribution in [0.1, 0.15) is 119 Å². The summed E-state index contributed by atoms with van der Waals surface area (Å²) in [6, 6.07) is 19.6. The SMILES string of the molecule is CC.CC.CC.CC(C)N1CCCC1.CC(C)N1CCCc2ccccc21.CC(C)N1Cc2ccccc2C1. The minimum atomic E-state index is 0.626. The van der Waals surface area contributed by atoms with Crippen molar-refractivity contribution >= 4 is 5.69 Å². The highest BCUT2D eigenvalue weighted by molar-refractivity contribution is 5.55. The number of fused-ring (bicyclic) bond motifs is 2. The molecule has 3 heteroatoms. The van der Waals surface area contributed by atoms with Gasteiger partial charge >= 0.3 is 0 Å². The highest BCUT2D eigenvalue weighted by atomic mass is 15.2. The van der Waals surface area contributed by atoms with E-state index >= 15 is 0 Å². The quantitative estimate of drug-likeness (QED) is 0.384. The third-order valence-corrected chi connectivity index (χ3v) is 7.24. The van der Waals surface area contributed by atoms with Gasteiger partial charge in [-0.1, -0.05) is 84.0 Å². The van der Waals surface area contributed by atoms with E-state index in [0.29, 0.717) is 12.1 Å². The Morgan fingerprint density at radius 3 is 1.33 bits per heavy atom. The van der Waals surface area contributed by atoms with Gasteiger partial charge in [-0.2, -0.15) is 0 Å². The Bertz CT molecular complexity index is 812. The predicted molar refractivity (Wildman–Crippen MR) is 178 cm³/mol. The van der Waals surface area contributed by atoms with E-state index < -0.39 is 0 Å². The lowest BCUT2D eigenvalue weighted by atomic mass is 10.0. The zero-order chi connectivity index (χ0) is 29.8. The van der Waals surface area contributed by atoms with E-state index in [0.717, 1.165) is 19.1 Å². The van der Waals surface area contributed by atoms with Crippen LogP contribution < -0.4 is 4.90 Å². The summed E-state index contributed by atoms with van der Waals surface area (Å²) in [6.45, 7) is 31.7. The molecule has 0 aromatic heterocycles. The largest absolute Gasteiger partial charge is 0.369 e. The first-order valence-corrected chi connectivity index (χ1v) is 16.3. The van der Waals surface area contributed by atoms with Crippen molar-refractivity contribution in [1.82, 2.24) is 9.80 Å². The van der Waals surface area contributed by atoms with E-state index in [2.05, 4.69) is 105 Å². The lowest BCUT2D eigenvalue weighted by Crippen LogP contribution is -2.35.